The molecule has 0 aliphatic heterocycles. The maximum absolute atomic E-state index is 11.5. The van der Waals surface area contributed by atoms with E-state index in [1.807, 2.05) is 0 Å². The fourth-order valence-corrected chi connectivity index (χ4v) is 1.88. The monoisotopic (exact) mass is 262 g/mol. The van der Waals surface area contributed by atoms with Crippen LogP contribution in [0.4, 0.5) is 4.79 Å². The third-order valence-electron chi connectivity index (χ3n) is 3.33. The molecule has 0 heterocycles. The molecule has 2 amide bonds. The number of carbonyl (C=O) groups excluding carboxylic acids is 1. The summed E-state index contributed by atoms with van der Waals surface area (Å²) in [6.45, 7) is 2.65. The summed E-state index contributed by atoms with van der Waals surface area (Å²) in [5, 5.41) is 14.5. The molecule has 0 saturated heterocycles. The summed E-state index contributed by atoms with van der Waals surface area (Å²) in [6, 6.07) is 6.89. The van der Waals surface area contributed by atoms with Gasteiger partial charge in [-0.1, -0.05) is 19.1 Å². The molecule has 0 spiro atoms. The number of hydrogen-bond acceptors (Lipinski definition) is 2. The van der Waals surface area contributed by atoms with Gasteiger partial charge in [0.1, 0.15) is 0 Å². The van der Waals surface area contributed by atoms with Crippen molar-refractivity contribution in [3.63, 3.8) is 0 Å². The van der Waals surface area contributed by atoms with E-state index in [1.165, 1.54) is 0 Å². The second-order valence-electron chi connectivity index (χ2n) is 4.97. The Kier molecular flexibility index (Phi) is 4.04. The highest BCUT2D eigenvalue weighted by Gasteiger charge is 2.33. The first-order valence-corrected chi connectivity index (χ1v) is 6.43. The molecule has 1 aromatic rings. The van der Waals surface area contributed by atoms with Crippen molar-refractivity contribution >= 4 is 12.0 Å². The zero-order valence-electron chi connectivity index (χ0n) is 10.8. The Balaban J connectivity index is 1.70. The van der Waals surface area contributed by atoms with Crippen molar-refractivity contribution in [1.82, 2.24) is 10.6 Å². The highest BCUT2D eigenvalue weighted by atomic mass is 16.4. The SMILES string of the molecule is CC1CC1NC(=O)NCCc1ccc(C(=O)O)cc1. The molecule has 1 fully saturated rings. The molecule has 0 radical (unpaired) electrons. The van der Waals surface area contributed by atoms with Crippen LogP contribution in [-0.4, -0.2) is 29.7 Å². The first-order valence-electron chi connectivity index (χ1n) is 6.43. The fraction of sp³-hybridized carbons (Fsp3) is 0.429. The highest BCUT2D eigenvalue weighted by molar-refractivity contribution is 5.87. The van der Waals surface area contributed by atoms with Crippen molar-refractivity contribution in [3.8, 4) is 0 Å². The molecule has 3 N–H and O–H groups in total. The van der Waals surface area contributed by atoms with Gasteiger partial charge in [0.05, 0.1) is 5.56 Å². The van der Waals surface area contributed by atoms with Gasteiger partial charge in [-0.25, -0.2) is 9.59 Å². The van der Waals surface area contributed by atoms with E-state index in [-0.39, 0.29) is 11.6 Å². The van der Waals surface area contributed by atoms with Crippen LogP contribution in [0.5, 0.6) is 0 Å². The lowest BCUT2D eigenvalue weighted by molar-refractivity contribution is 0.0697. The molecule has 1 aromatic carbocycles. The van der Waals surface area contributed by atoms with Crippen molar-refractivity contribution in [3.05, 3.63) is 35.4 Å². The Morgan fingerprint density at radius 2 is 1.95 bits per heavy atom. The molecule has 5 nitrogen and oxygen atoms in total. The average molecular weight is 262 g/mol. The molecule has 0 aromatic heterocycles. The summed E-state index contributed by atoms with van der Waals surface area (Å²) in [4.78, 5) is 22.2. The van der Waals surface area contributed by atoms with Gasteiger partial charge in [0.25, 0.3) is 0 Å². The zero-order valence-corrected chi connectivity index (χ0v) is 10.8. The van der Waals surface area contributed by atoms with Crippen molar-refractivity contribution in [2.45, 2.75) is 25.8 Å². The molecule has 1 aliphatic rings. The van der Waals surface area contributed by atoms with Crippen LogP contribution < -0.4 is 10.6 Å². The third kappa shape index (κ3) is 3.98. The molecule has 19 heavy (non-hydrogen) atoms. The number of urea groups is 1. The van der Waals surface area contributed by atoms with E-state index in [1.54, 1.807) is 24.3 Å². The summed E-state index contributed by atoms with van der Waals surface area (Å²) in [7, 11) is 0. The van der Waals surface area contributed by atoms with Crippen LogP contribution in [0.25, 0.3) is 0 Å². The first-order chi connectivity index (χ1) is 9.06. The van der Waals surface area contributed by atoms with Crippen LogP contribution in [0, 0.1) is 5.92 Å². The molecule has 2 unspecified atom stereocenters. The minimum absolute atomic E-state index is 0.128. The Morgan fingerprint density at radius 3 is 2.47 bits per heavy atom. The number of carboxylic acid groups (broad SMARTS) is 1. The second-order valence-corrected chi connectivity index (χ2v) is 4.97. The van der Waals surface area contributed by atoms with E-state index in [0.29, 0.717) is 24.9 Å². The van der Waals surface area contributed by atoms with Crippen LogP contribution in [0.3, 0.4) is 0 Å². The van der Waals surface area contributed by atoms with E-state index in [9.17, 15) is 9.59 Å². The smallest absolute Gasteiger partial charge is 0.335 e. The van der Waals surface area contributed by atoms with Crippen molar-refractivity contribution in [2.24, 2.45) is 5.92 Å². The van der Waals surface area contributed by atoms with Crippen molar-refractivity contribution in [1.29, 1.82) is 0 Å². The van der Waals surface area contributed by atoms with Crippen LogP contribution in [0.1, 0.15) is 29.3 Å². The average Bonchev–Trinajstić information content (AvgIpc) is 3.05. The summed E-state index contributed by atoms with van der Waals surface area (Å²) >= 11 is 0. The Labute approximate surface area is 112 Å². The minimum atomic E-state index is -0.928. The van der Waals surface area contributed by atoms with Gasteiger partial charge < -0.3 is 15.7 Å². The fourth-order valence-electron chi connectivity index (χ4n) is 1.88. The molecule has 102 valence electrons. The Hall–Kier alpha value is -2.04. The van der Waals surface area contributed by atoms with E-state index < -0.39 is 5.97 Å². The quantitative estimate of drug-likeness (QED) is 0.754. The molecular weight excluding hydrogens is 244 g/mol. The van der Waals surface area contributed by atoms with Crippen molar-refractivity contribution < 1.29 is 14.7 Å². The van der Waals surface area contributed by atoms with E-state index in [2.05, 4.69) is 17.6 Å². The molecular formula is C14H18N2O3. The predicted molar refractivity (Wildman–Crippen MR) is 71.2 cm³/mol. The molecule has 1 aliphatic carbocycles. The van der Waals surface area contributed by atoms with E-state index in [0.717, 1.165) is 12.0 Å². The summed E-state index contributed by atoms with van der Waals surface area (Å²) in [6.07, 6.45) is 1.75. The normalized spacial score (nSPS) is 20.7. The number of hydrogen-bond donors (Lipinski definition) is 3. The molecule has 2 rings (SSSR count). The van der Waals surface area contributed by atoms with Gasteiger partial charge in [-0.05, 0) is 36.5 Å². The van der Waals surface area contributed by atoms with Gasteiger partial charge in [-0.15, -0.1) is 0 Å². The number of rotatable bonds is 5. The third-order valence-corrected chi connectivity index (χ3v) is 3.33. The lowest BCUT2D eigenvalue weighted by Crippen LogP contribution is -2.38. The van der Waals surface area contributed by atoms with E-state index in [4.69, 9.17) is 5.11 Å². The minimum Gasteiger partial charge on any atom is -0.478 e. The van der Waals surface area contributed by atoms with E-state index >= 15 is 0 Å². The van der Waals surface area contributed by atoms with Gasteiger partial charge in [-0.2, -0.15) is 0 Å². The number of amides is 2. The standard InChI is InChI=1S/C14H18N2O3/c1-9-8-12(9)16-14(19)15-7-6-10-2-4-11(5-3-10)13(17)18/h2-5,9,12H,6-8H2,1H3,(H,17,18)(H2,15,16,19). The number of carbonyl (C=O) groups is 2. The van der Waals surface area contributed by atoms with Gasteiger partial charge in [-0.3, -0.25) is 0 Å². The van der Waals surface area contributed by atoms with Crippen LogP contribution in [0.15, 0.2) is 24.3 Å². The topological polar surface area (TPSA) is 78.4 Å². The lowest BCUT2D eigenvalue weighted by Gasteiger charge is -2.07. The predicted octanol–water partition coefficient (Wildman–Crippen LogP) is 1.63. The van der Waals surface area contributed by atoms with Crippen molar-refractivity contribution in [2.75, 3.05) is 6.54 Å². The number of nitrogens with one attached hydrogen (secondary N) is 2. The molecule has 0 bridgehead atoms. The van der Waals surface area contributed by atoms with Crippen LogP contribution >= 0.6 is 0 Å². The number of benzene rings is 1. The largest absolute Gasteiger partial charge is 0.478 e. The van der Waals surface area contributed by atoms with Gasteiger partial charge in [0, 0.05) is 12.6 Å². The van der Waals surface area contributed by atoms with Gasteiger partial charge >= 0.3 is 12.0 Å². The van der Waals surface area contributed by atoms with Gasteiger partial charge in [0.15, 0.2) is 0 Å². The second kappa shape index (κ2) is 5.73. The Bertz CT molecular complexity index is 470. The Morgan fingerprint density at radius 1 is 1.32 bits per heavy atom. The molecule has 1 saturated carbocycles. The molecule has 5 heteroatoms. The number of carboxylic acids is 1. The zero-order chi connectivity index (χ0) is 13.8. The maximum Gasteiger partial charge on any atom is 0.335 e. The van der Waals surface area contributed by atoms with Crippen LogP contribution in [-0.2, 0) is 6.42 Å². The van der Waals surface area contributed by atoms with Gasteiger partial charge in [0.2, 0.25) is 0 Å². The highest BCUT2D eigenvalue weighted by Crippen LogP contribution is 2.28. The first kappa shape index (κ1) is 13.4. The summed E-state index contributed by atoms with van der Waals surface area (Å²) in [5.41, 5.74) is 1.28. The molecule has 2 atom stereocenters. The maximum atomic E-state index is 11.5. The summed E-state index contributed by atoms with van der Waals surface area (Å²) < 4.78 is 0. The summed E-state index contributed by atoms with van der Waals surface area (Å²) in [5.74, 6) is -0.336. The lowest BCUT2D eigenvalue weighted by atomic mass is 10.1. The number of aromatic carboxylic acids is 1. The van der Waals surface area contributed by atoms with Crippen LogP contribution in [0.2, 0.25) is 0 Å².